The first kappa shape index (κ1) is 14.4. The Bertz CT molecular complexity index is 524. The fraction of sp³-hybridized carbons (Fsp3) is 0.333. The summed E-state index contributed by atoms with van der Waals surface area (Å²) in [4.78, 5) is 24.4. The van der Waals surface area contributed by atoms with E-state index in [1.54, 1.807) is 18.2 Å². The maximum atomic E-state index is 12.0. The Morgan fingerprint density at radius 3 is 2.79 bits per heavy atom. The highest BCUT2D eigenvalue weighted by atomic mass is 127. The fourth-order valence-corrected chi connectivity index (χ4v) is 2.94. The number of rotatable bonds is 2. The van der Waals surface area contributed by atoms with E-state index in [-0.39, 0.29) is 12.6 Å². The van der Waals surface area contributed by atoms with Crippen LogP contribution < -0.4 is 5.32 Å². The van der Waals surface area contributed by atoms with Gasteiger partial charge in [0, 0.05) is 21.7 Å². The molecule has 2 rings (SSSR count). The molecule has 0 aliphatic carbocycles. The molecule has 1 saturated heterocycles. The van der Waals surface area contributed by atoms with Crippen molar-refractivity contribution in [2.45, 2.75) is 6.42 Å². The van der Waals surface area contributed by atoms with Crippen molar-refractivity contribution in [2.75, 3.05) is 18.4 Å². The minimum Gasteiger partial charge on any atom is -0.481 e. The van der Waals surface area contributed by atoms with E-state index in [2.05, 4.69) is 27.9 Å². The predicted molar refractivity (Wildman–Crippen MR) is 80.5 cm³/mol. The van der Waals surface area contributed by atoms with E-state index < -0.39 is 11.9 Å². The van der Waals surface area contributed by atoms with Gasteiger partial charge < -0.3 is 15.3 Å². The van der Waals surface area contributed by atoms with Crippen molar-refractivity contribution in [1.82, 2.24) is 4.90 Å². The number of hydrogen-bond donors (Lipinski definition) is 2. The van der Waals surface area contributed by atoms with Gasteiger partial charge in [0.25, 0.3) is 0 Å². The molecule has 102 valence electrons. The minimum absolute atomic E-state index is 0.255. The van der Waals surface area contributed by atoms with E-state index in [1.165, 1.54) is 4.90 Å². The van der Waals surface area contributed by atoms with Crippen LogP contribution in [0.4, 0.5) is 10.5 Å². The number of benzene rings is 1. The largest absolute Gasteiger partial charge is 0.481 e. The molecule has 1 atom stereocenters. The van der Waals surface area contributed by atoms with E-state index in [0.29, 0.717) is 23.7 Å². The van der Waals surface area contributed by atoms with Gasteiger partial charge in [-0.1, -0.05) is 11.6 Å². The molecule has 0 bridgehead atoms. The standard InChI is InChI=1S/C12H12ClIN2O3/c13-8-1-2-10(9(14)5-8)15-12(19)16-4-3-7(6-16)11(17)18/h1-2,5,7H,3-4,6H2,(H,15,19)(H,17,18). The second-order valence-electron chi connectivity index (χ2n) is 4.32. The van der Waals surface area contributed by atoms with Crippen molar-refractivity contribution in [3.8, 4) is 0 Å². The molecule has 0 saturated carbocycles. The predicted octanol–water partition coefficient (Wildman–Crippen LogP) is 2.88. The number of nitrogens with zero attached hydrogens (tertiary/aromatic N) is 1. The molecule has 0 aromatic heterocycles. The highest BCUT2D eigenvalue weighted by molar-refractivity contribution is 14.1. The van der Waals surface area contributed by atoms with Crippen LogP contribution in [-0.2, 0) is 4.79 Å². The molecule has 1 fully saturated rings. The summed E-state index contributed by atoms with van der Waals surface area (Å²) in [6.07, 6.45) is 0.500. The normalized spacial score (nSPS) is 18.4. The molecule has 7 heteroatoms. The Kier molecular flexibility index (Phi) is 4.51. The molecule has 2 amide bonds. The molecule has 2 N–H and O–H groups in total. The maximum Gasteiger partial charge on any atom is 0.321 e. The lowest BCUT2D eigenvalue weighted by Gasteiger charge is -2.17. The van der Waals surface area contributed by atoms with Gasteiger partial charge in [0.05, 0.1) is 11.6 Å². The van der Waals surface area contributed by atoms with Crippen LogP contribution in [0.15, 0.2) is 18.2 Å². The summed E-state index contributed by atoms with van der Waals surface area (Å²) in [5.74, 6) is -1.31. The third-order valence-electron chi connectivity index (χ3n) is 3.00. The monoisotopic (exact) mass is 394 g/mol. The molecular formula is C12H12ClIN2O3. The number of nitrogens with one attached hydrogen (secondary N) is 1. The smallest absolute Gasteiger partial charge is 0.321 e. The number of urea groups is 1. The average molecular weight is 395 g/mol. The number of hydrogen-bond acceptors (Lipinski definition) is 2. The van der Waals surface area contributed by atoms with Gasteiger partial charge >= 0.3 is 12.0 Å². The minimum atomic E-state index is -0.851. The number of carboxylic acid groups (broad SMARTS) is 1. The Morgan fingerprint density at radius 2 is 2.21 bits per heavy atom. The van der Waals surface area contributed by atoms with Crippen molar-refractivity contribution >= 4 is 51.9 Å². The average Bonchev–Trinajstić information content (AvgIpc) is 2.82. The first-order chi connectivity index (χ1) is 8.97. The van der Waals surface area contributed by atoms with Crippen LogP contribution in [-0.4, -0.2) is 35.1 Å². The van der Waals surface area contributed by atoms with Crippen LogP contribution in [0, 0.1) is 9.49 Å². The number of carbonyl (C=O) groups is 2. The number of carbonyl (C=O) groups excluding carboxylic acids is 1. The van der Waals surface area contributed by atoms with Gasteiger partial charge in [-0.15, -0.1) is 0 Å². The molecule has 5 nitrogen and oxygen atoms in total. The number of anilines is 1. The summed E-state index contributed by atoms with van der Waals surface area (Å²) < 4.78 is 0.840. The Hall–Kier alpha value is -1.02. The zero-order chi connectivity index (χ0) is 14.0. The third kappa shape index (κ3) is 3.50. The second kappa shape index (κ2) is 5.96. The van der Waals surface area contributed by atoms with E-state index in [9.17, 15) is 9.59 Å². The molecular weight excluding hydrogens is 382 g/mol. The quantitative estimate of drug-likeness (QED) is 0.758. The molecule has 1 aliphatic heterocycles. The van der Waals surface area contributed by atoms with Crippen LogP contribution >= 0.6 is 34.2 Å². The van der Waals surface area contributed by atoms with Crippen molar-refractivity contribution in [2.24, 2.45) is 5.92 Å². The molecule has 1 aromatic rings. The van der Waals surface area contributed by atoms with Gasteiger partial charge in [-0.2, -0.15) is 0 Å². The Balaban J connectivity index is 2.00. The van der Waals surface area contributed by atoms with Crippen LogP contribution in [0.5, 0.6) is 0 Å². The first-order valence-corrected chi connectivity index (χ1v) is 7.17. The number of likely N-dealkylation sites (tertiary alicyclic amines) is 1. The molecule has 1 aliphatic rings. The summed E-state index contributed by atoms with van der Waals surface area (Å²) in [7, 11) is 0. The van der Waals surface area contributed by atoms with Gasteiger partial charge in [-0.3, -0.25) is 4.79 Å². The van der Waals surface area contributed by atoms with Gasteiger partial charge in [0.2, 0.25) is 0 Å². The lowest BCUT2D eigenvalue weighted by molar-refractivity contribution is -0.141. The summed E-state index contributed by atoms with van der Waals surface area (Å²) in [5, 5.41) is 12.3. The van der Waals surface area contributed by atoms with Crippen molar-refractivity contribution in [3.63, 3.8) is 0 Å². The van der Waals surface area contributed by atoms with Crippen LogP contribution in [0.25, 0.3) is 0 Å². The summed E-state index contributed by atoms with van der Waals surface area (Å²) in [6.45, 7) is 0.721. The van der Waals surface area contributed by atoms with E-state index in [1.807, 2.05) is 0 Å². The number of halogens is 2. The number of carboxylic acids is 1. The van der Waals surface area contributed by atoms with E-state index in [0.717, 1.165) is 3.57 Å². The van der Waals surface area contributed by atoms with Crippen LogP contribution in [0.1, 0.15) is 6.42 Å². The van der Waals surface area contributed by atoms with E-state index >= 15 is 0 Å². The number of aliphatic carboxylic acids is 1. The first-order valence-electron chi connectivity index (χ1n) is 5.71. The molecule has 1 aromatic carbocycles. The highest BCUT2D eigenvalue weighted by Gasteiger charge is 2.30. The lowest BCUT2D eigenvalue weighted by atomic mass is 10.1. The summed E-state index contributed by atoms with van der Waals surface area (Å²) in [6, 6.07) is 4.90. The second-order valence-corrected chi connectivity index (χ2v) is 5.92. The molecule has 1 unspecified atom stereocenters. The molecule has 0 radical (unpaired) electrons. The molecule has 1 heterocycles. The summed E-state index contributed by atoms with van der Waals surface area (Å²) >= 11 is 7.93. The van der Waals surface area contributed by atoms with Crippen molar-refractivity contribution in [3.05, 3.63) is 26.8 Å². The van der Waals surface area contributed by atoms with E-state index in [4.69, 9.17) is 16.7 Å². The van der Waals surface area contributed by atoms with Crippen molar-refractivity contribution < 1.29 is 14.7 Å². The zero-order valence-corrected chi connectivity index (χ0v) is 12.8. The van der Waals surface area contributed by atoms with Gasteiger partial charge in [-0.05, 0) is 47.2 Å². The van der Waals surface area contributed by atoms with Crippen molar-refractivity contribution in [1.29, 1.82) is 0 Å². The highest BCUT2D eigenvalue weighted by Crippen LogP contribution is 2.23. The van der Waals surface area contributed by atoms with Gasteiger partial charge in [-0.25, -0.2) is 4.79 Å². The summed E-state index contributed by atoms with van der Waals surface area (Å²) in [5.41, 5.74) is 0.675. The fourth-order valence-electron chi connectivity index (χ4n) is 1.93. The van der Waals surface area contributed by atoms with Crippen LogP contribution in [0.3, 0.4) is 0 Å². The molecule has 0 spiro atoms. The third-order valence-corrected chi connectivity index (χ3v) is 4.13. The van der Waals surface area contributed by atoms with Gasteiger partial charge in [0.1, 0.15) is 0 Å². The van der Waals surface area contributed by atoms with Crippen LogP contribution in [0.2, 0.25) is 5.02 Å². The lowest BCUT2D eigenvalue weighted by Crippen LogP contribution is -2.34. The molecule has 19 heavy (non-hydrogen) atoms. The SMILES string of the molecule is O=C(O)C1CCN(C(=O)Nc2ccc(Cl)cc2I)C1. The number of amides is 2. The van der Waals surface area contributed by atoms with Gasteiger partial charge in [0.15, 0.2) is 0 Å². The topological polar surface area (TPSA) is 69.6 Å². The zero-order valence-electron chi connectivity index (χ0n) is 9.90. The Morgan fingerprint density at radius 1 is 1.47 bits per heavy atom. The maximum absolute atomic E-state index is 12.0. The Labute approximate surface area is 129 Å².